The number of rotatable bonds is 2. The van der Waals surface area contributed by atoms with Gasteiger partial charge in [-0.05, 0) is 26.2 Å². The van der Waals surface area contributed by atoms with E-state index < -0.39 is 0 Å². The molecule has 2 atom stereocenters. The molecule has 0 aromatic carbocycles. The number of aryl methyl sites for hydroxylation is 1. The van der Waals surface area contributed by atoms with Crippen molar-refractivity contribution in [1.29, 1.82) is 0 Å². The molecule has 1 aliphatic rings. The Balaban J connectivity index is 2.03. The molecular weight excluding hydrogens is 178 g/mol. The number of hydrogen-bond acceptors (Lipinski definition) is 4. The Labute approximate surface area is 83.5 Å². The Hall–Kier alpha value is -1.16. The molecule has 1 aromatic rings. The predicted molar refractivity (Wildman–Crippen MR) is 53.0 cm³/mol. The molecular formula is C10H15N3O. The molecule has 76 valence electrons. The van der Waals surface area contributed by atoms with Crippen molar-refractivity contribution < 1.29 is 4.74 Å². The summed E-state index contributed by atoms with van der Waals surface area (Å²) < 4.78 is 5.69. The molecule has 4 nitrogen and oxygen atoms in total. The molecule has 1 aliphatic carbocycles. The average molecular weight is 193 g/mol. The molecule has 0 unspecified atom stereocenters. The number of nitrogens with zero attached hydrogens (tertiary/aromatic N) is 2. The van der Waals surface area contributed by atoms with Gasteiger partial charge in [0.05, 0.1) is 0 Å². The van der Waals surface area contributed by atoms with Gasteiger partial charge in [0, 0.05) is 17.8 Å². The van der Waals surface area contributed by atoms with E-state index in [1.807, 2.05) is 13.0 Å². The predicted octanol–water partition coefficient (Wildman–Crippen LogP) is 1.04. The molecule has 0 spiro atoms. The van der Waals surface area contributed by atoms with Crippen LogP contribution in [0.3, 0.4) is 0 Å². The largest absolute Gasteiger partial charge is 0.473 e. The first kappa shape index (κ1) is 9.40. The van der Waals surface area contributed by atoms with Gasteiger partial charge in [0.1, 0.15) is 12.4 Å². The van der Waals surface area contributed by atoms with Crippen LogP contribution in [0.25, 0.3) is 0 Å². The SMILES string of the molecule is Cc1cc(O[C@@H]2CCC[C@H]2N)ncn1. The maximum absolute atomic E-state index is 5.90. The molecule has 1 fully saturated rings. The lowest BCUT2D eigenvalue weighted by molar-refractivity contribution is 0.183. The topological polar surface area (TPSA) is 61.0 Å². The molecule has 0 saturated heterocycles. The van der Waals surface area contributed by atoms with Gasteiger partial charge in [0.15, 0.2) is 0 Å². The molecule has 0 aliphatic heterocycles. The molecule has 2 N–H and O–H groups in total. The lowest BCUT2D eigenvalue weighted by Crippen LogP contribution is -2.33. The third-order valence-electron chi connectivity index (χ3n) is 2.55. The second-order valence-corrected chi connectivity index (χ2v) is 3.75. The van der Waals surface area contributed by atoms with E-state index >= 15 is 0 Å². The zero-order valence-electron chi connectivity index (χ0n) is 8.31. The van der Waals surface area contributed by atoms with Crippen LogP contribution in [0, 0.1) is 6.92 Å². The van der Waals surface area contributed by atoms with Crippen LogP contribution in [0.15, 0.2) is 12.4 Å². The van der Waals surface area contributed by atoms with Gasteiger partial charge in [-0.25, -0.2) is 9.97 Å². The molecule has 1 saturated carbocycles. The third kappa shape index (κ3) is 2.01. The van der Waals surface area contributed by atoms with Gasteiger partial charge in [0.25, 0.3) is 0 Å². The highest BCUT2D eigenvalue weighted by Crippen LogP contribution is 2.22. The molecule has 4 heteroatoms. The van der Waals surface area contributed by atoms with Gasteiger partial charge >= 0.3 is 0 Å². The van der Waals surface area contributed by atoms with Crippen molar-refractivity contribution in [1.82, 2.24) is 9.97 Å². The van der Waals surface area contributed by atoms with Crippen LogP contribution in [-0.2, 0) is 0 Å². The van der Waals surface area contributed by atoms with E-state index in [1.165, 1.54) is 6.33 Å². The maximum atomic E-state index is 5.90. The average Bonchev–Trinajstić information content (AvgIpc) is 2.52. The molecule has 2 rings (SSSR count). The minimum absolute atomic E-state index is 0.129. The lowest BCUT2D eigenvalue weighted by Gasteiger charge is -2.16. The highest BCUT2D eigenvalue weighted by atomic mass is 16.5. The number of hydrogen-bond donors (Lipinski definition) is 1. The van der Waals surface area contributed by atoms with Crippen molar-refractivity contribution in [2.45, 2.75) is 38.3 Å². The minimum atomic E-state index is 0.129. The normalized spacial score (nSPS) is 26.4. The maximum Gasteiger partial charge on any atom is 0.216 e. The van der Waals surface area contributed by atoms with Crippen molar-refractivity contribution >= 4 is 0 Å². The number of ether oxygens (including phenoxy) is 1. The summed E-state index contributed by atoms with van der Waals surface area (Å²) in [6.45, 7) is 1.92. The summed E-state index contributed by atoms with van der Waals surface area (Å²) in [5.74, 6) is 0.639. The standard InChI is InChI=1S/C10H15N3O/c1-7-5-10(13-6-12-7)14-9-4-2-3-8(9)11/h5-6,8-9H,2-4,11H2,1H3/t8-,9-/m1/s1. The molecule has 14 heavy (non-hydrogen) atoms. The highest BCUT2D eigenvalue weighted by Gasteiger charge is 2.25. The van der Waals surface area contributed by atoms with Crippen LogP contribution in [0.1, 0.15) is 25.0 Å². The van der Waals surface area contributed by atoms with Crippen LogP contribution in [0.4, 0.5) is 0 Å². The summed E-state index contributed by atoms with van der Waals surface area (Å²) in [5, 5.41) is 0. The van der Waals surface area contributed by atoms with Crippen LogP contribution in [0.5, 0.6) is 5.88 Å². The molecule has 1 aromatic heterocycles. The van der Waals surface area contributed by atoms with E-state index in [0.717, 1.165) is 25.0 Å². The van der Waals surface area contributed by atoms with Gasteiger partial charge in [-0.3, -0.25) is 0 Å². The Morgan fingerprint density at radius 3 is 2.93 bits per heavy atom. The molecule has 0 radical (unpaired) electrons. The Morgan fingerprint density at radius 2 is 2.29 bits per heavy atom. The number of aromatic nitrogens is 2. The monoisotopic (exact) mass is 193 g/mol. The number of nitrogens with two attached hydrogens (primary N) is 1. The molecule has 0 bridgehead atoms. The van der Waals surface area contributed by atoms with E-state index in [9.17, 15) is 0 Å². The first-order valence-electron chi connectivity index (χ1n) is 4.96. The fourth-order valence-corrected chi connectivity index (χ4v) is 1.75. The molecule has 0 amide bonds. The second-order valence-electron chi connectivity index (χ2n) is 3.75. The van der Waals surface area contributed by atoms with Crippen molar-refractivity contribution in [2.75, 3.05) is 0 Å². The highest BCUT2D eigenvalue weighted by molar-refractivity contribution is 5.12. The summed E-state index contributed by atoms with van der Waals surface area (Å²) in [6.07, 6.45) is 4.88. The van der Waals surface area contributed by atoms with Crippen molar-refractivity contribution in [3.8, 4) is 5.88 Å². The smallest absolute Gasteiger partial charge is 0.216 e. The van der Waals surface area contributed by atoms with Gasteiger partial charge in [-0.2, -0.15) is 0 Å². The Kier molecular flexibility index (Phi) is 2.63. The van der Waals surface area contributed by atoms with Crippen molar-refractivity contribution in [2.24, 2.45) is 5.73 Å². The zero-order valence-corrected chi connectivity index (χ0v) is 8.31. The van der Waals surface area contributed by atoms with E-state index in [1.54, 1.807) is 0 Å². The fourth-order valence-electron chi connectivity index (χ4n) is 1.75. The van der Waals surface area contributed by atoms with Gasteiger partial charge in [-0.15, -0.1) is 0 Å². The second kappa shape index (κ2) is 3.92. The quantitative estimate of drug-likeness (QED) is 0.762. The first-order valence-corrected chi connectivity index (χ1v) is 4.96. The van der Waals surface area contributed by atoms with E-state index in [0.29, 0.717) is 5.88 Å². The van der Waals surface area contributed by atoms with Crippen LogP contribution in [0.2, 0.25) is 0 Å². The molecule has 1 heterocycles. The summed E-state index contributed by atoms with van der Waals surface area (Å²) in [6, 6.07) is 2.00. The van der Waals surface area contributed by atoms with Gasteiger partial charge in [-0.1, -0.05) is 0 Å². The fraction of sp³-hybridized carbons (Fsp3) is 0.600. The van der Waals surface area contributed by atoms with E-state index in [-0.39, 0.29) is 12.1 Å². The zero-order chi connectivity index (χ0) is 9.97. The lowest BCUT2D eigenvalue weighted by atomic mass is 10.2. The third-order valence-corrected chi connectivity index (χ3v) is 2.55. The van der Waals surface area contributed by atoms with E-state index in [4.69, 9.17) is 10.5 Å². The van der Waals surface area contributed by atoms with Gasteiger partial charge in [0.2, 0.25) is 5.88 Å². The summed E-state index contributed by atoms with van der Waals surface area (Å²) >= 11 is 0. The van der Waals surface area contributed by atoms with Gasteiger partial charge < -0.3 is 10.5 Å². The summed E-state index contributed by atoms with van der Waals surface area (Å²) in [4.78, 5) is 8.06. The summed E-state index contributed by atoms with van der Waals surface area (Å²) in [5.41, 5.74) is 6.81. The Bertz CT molecular complexity index is 316. The Morgan fingerprint density at radius 1 is 1.43 bits per heavy atom. The van der Waals surface area contributed by atoms with Crippen molar-refractivity contribution in [3.63, 3.8) is 0 Å². The minimum Gasteiger partial charge on any atom is -0.473 e. The first-order chi connectivity index (χ1) is 6.75. The van der Waals surface area contributed by atoms with Crippen LogP contribution in [-0.4, -0.2) is 22.1 Å². The summed E-state index contributed by atoms with van der Waals surface area (Å²) in [7, 11) is 0. The van der Waals surface area contributed by atoms with Crippen molar-refractivity contribution in [3.05, 3.63) is 18.1 Å². The van der Waals surface area contributed by atoms with Crippen LogP contribution < -0.4 is 10.5 Å². The van der Waals surface area contributed by atoms with E-state index in [2.05, 4.69) is 9.97 Å². The van der Waals surface area contributed by atoms with Crippen LogP contribution >= 0.6 is 0 Å².